The first-order valence-corrected chi connectivity index (χ1v) is 8.17. The van der Waals surface area contributed by atoms with Crippen molar-refractivity contribution in [3.05, 3.63) is 46.3 Å². The molecule has 24 heavy (non-hydrogen) atoms. The Kier molecular flexibility index (Phi) is 6.21. The molecule has 0 unspecified atom stereocenters. The second-order valence-electron chi connectivity index (χ2n) is 6.20. The average Bonchev–Trinajstić information content (AvgIpc) is 2.73. The number of rotatable bonds is 5. The van der Waals surface area contributed by atoms with Crippen molar-refractivity contribution in [2.24, 2.45) is 11.0 Å². The lowest BCUT2D eigenvalue weighted by molar-refractivity contribution is -0.140. The van der Waals surface area contributed by atoms with Gasteiger partial charge in [-0.05, 0) is 29.9 Å². The highest BCUT2D eigenvalue weighted by atomic mass is 16.2. The average molecular weight is 329 g/mol. The molecular weight excluding hydrogens is 306 g/mol. The van der Waals surface area contributed by atoms with Gasteiger partial charge in [0.25, 0.3) is 0 Å². The third kappa shape index (κ3) is 4.26. The molecule has 1 saturated heterocycles. The van der Waals surface area contributed by atoms with Crippen LogP contribution in [0.3, 0.4) is 0 Å². The Morgan fingerprint density at radius 3 is 2.79 bits per heavy atom. The van der Waals surface area contributed by atoms with Crippen LogP contribution >= 0.6 is 0 Å². The number of hydrogen-bond acceptors (Lipinski definition) is 3. The molecule has 0 radical (unpaired) electrons. The van der Waals surface area contributed by atoms with E-state index < -0.39 is 12.1 Å². The minimum atomic E-state index is -0.740. The molecule has 1 aliphatic rings. The van der Waals surface area contributed by atoms with Crippen molar-refractivity contribution in [2.45, 2.75) is 38.3 Å². The number of amides is 2. The molecule has 7 heteroatoms. The van der Waals surface area contributed by atoms with E-state index in [1.54, 1.807) is 11.9 Å². The first-order valence-electron chi connectivity index (χ1n) is 8.17. The van der Waals surface area contributed by atoms with Gasteiger partial charge in [-0.25, -0.2) is 0 Å². The van der Waals surface area contributed by atoms with Crippen molar-refractivity contribution in [1.82, 2.24) is 10.2 Å². The van der Waals surface area contributed by atoms with Gasteiger partial charge < -0.3 is 10.2 Å². The highest BCUT2D eigenvalue weighted by Gasteiger charge is 2.36. The highest BCUT2D eigenvalue weighted by Crippen LogP contribution is 2.23. The van der Waals surface area contributed by atoms with Crippen molar-refractivity contribution >= 4 is 11.8 Å². The fraction of sp³-hybridized carbons (Fsp3) is 0.529. The minimum absolute atomic E-state index is 0.207. The topological polar surface area (TPSA) is 98.2 Å². The van der Waals surface area contributed by atoms with Gasteiger partial charge in [0.2, 0.25) is 11.8 Å². The zero-order chi connectivity index (χ0) is 17.5. The summed E-state index contributed by atoms with van der Waals surface area (Å²) in [6.45, 7) is 2.52. The van der Waals surface area contributed by atoms with Gasteiger partial charge in [-0.3, -0.25) is 9.59 Å². The van der Waals surface area contributed by atoms with E-state index >= 15 is 0 Å². The number of nitrogens with one attached hydrogen (secondary N) is 1. The second kappa shape index (κ2) is 8.36. The van der Waals surface area contributed by atoms with Gasteiger partial charge >= 0.3 is 0 Å². The Labute approximate surface area is 141 Å². The first kappa shape index (κ1) is 17.8. The monoisotopic (exact) mass is 329 g/mol. The maximum atomic E-state index is 12.8. The van der Waals surface area contributed by atoms with Crippen LogP contribution in [0, 0.1) is 5.92 Å². The number of nitrogens with zero attached hydrogens (tertiary/aromatic N) is 4. The highest BCUT2D eigenvalue weighted by molar-refractivity contribution is 5.90. The molecular formula is C17H23N5O2. The molecule has 0 bridgehead atoms. The molecule has 2 rings (SSSR count). The lowest BCUT2D eigenvalue weighted by atomic mass is 10.0. The summed E-state index contributed by atoms with van der Waals surface area (Å²) in [6, 6.07) is 8.25. The number of likely N-dealkylation sites (tertiary alicyclic amines) is 1. The van der Waals surface area contributed by atoms with Gasteiger partial charge in [0.05, 0.1) is 0 Å². The van der Waals surface area contributed by atoms with Crippen LogP contribution in [-0.4, -0.2) is 42.4 Å². The van der Waals surface area contributed by atoms with Crippen LogP contribution in [0.4, 0.5) is 0 Å². The van der Waals surface area contributed by atoms with E-state index in [-0.39, 0.29) is 17.7 Å². The molecule has 1 aliphatic heterocycles. The summed E-state index contributed by atoms with van der Waals surface area (Å²) in [7, 11) is 1.57. The molecule has 0 aliphatic carbocycles. The molecule has 3 atom stereocenters. The van der Waals surface area contributed by atoms with Gasteiger partial charge in [-0.1, -0.05) is 42.4 Å². The Morgan fingerprint density at radius 2 is 2.17 bits per heavy atom. The normalized spacial score (nSPS) is 22.2. The third-order valence-corrected chi connectivity index (χ3v) is 4.44. The van der Waals surface area contributed by atoms with Crippen LogP contribution in [0.1, 0.15) is 25.3 Å². The van der Waals surface area contributed by atoms with E-state index in [2.05, 4.69) is 15.3 Å². The van der Waals surface area contributed by atoms with Crippen molar-refractivity contribution in [3.63, 3.8) is 0 Å². The van der Waals surface area contributed by atoms with Crippen molar-refractivity contribution < 1.29 is 9.59 Å². The van der Waals surface area contributed by atoms with Crippen molar-refractivity contribution in [2.75, 3.05) is 13.6 Å². The smallest absolute Gasteiger partial charge is 0.242 e. The maximum absolute atomic E-state index is 12.8. The molecule has 0 spiro atoms. The number of likely N-dealkylation sites (N-methyl/N-ethyl adjacent to an activating group) is 1. The largest absolute Gasteiger partial charge is 0.357 e. The summed E-state index contributed by atoms with van der Waals surface area (Å²) in [5, 5.41) is 6.30. The van der Waals surface area contributed by atoms with Gasteiger partial charge in [-0.15, -0.1) is 0 Å². The molecule has 7 nitrogen and oxygen atoms in total. The summed E-state index contributed by atoms with van der Waals surface area (Å²) in [6.07, 6.45) is 1.74. The van der Waals surface area contributed by atoms with Gasteiger partial charge in [0.15, 0.2) is 0 Å². The SMILES string of the molecule is CNC(=O)[C@H](Cc1ccccc1)N1CC[C@H](C)C[C@H](N=[N+]=[N-])C1=O. The second-order valence-corrected chi connectivity index (χ2v) is 6.20. The lowest BCUT2D eigenvalue weighted by Crippen LogP contribution is -2.52. The van der Waals surface area contributed by atoms with E-state index in [1.807, 2.05) is 37.3 Å². The molecule has 0 aromatic heterocycles. The summed E-state index contributed by atoms with van der Waals surface area (Å²) >= 11 is 0. The minimum Gasteiger partial charge on any atom is -0.357 e. The van der Waals surface area contributed by atoms with Gasteiger partial charge in [0, 0.05) is 24.9 Å². The molecule has 1 N–H and O–H groups in total. The molecule has 1 fully saturated rings. The van der Waals surface area contributed by atoms with Crippen LogP contribution in [0.15, 0.2) is 35.4 Å². The summed E-state index contributed by atoms with van der Waals surface area (Å²) in [5.74, 6) is -0.209. The number of carbonyl (C=O) groups excluding carboxylic acids is 2. The lowest BCUT2D eigenvalue weighted by Gasteiger charge is -2.31. The zero-order valence-electron chi connectivity index (χ0n) is 14.1. The summed E-state index contributed by atoms with van der Waals surface area (Å²) < 4.78 is 0. The Balaban J connectivity index is 2.30. The Morgan fingerprint density at radius 1 is 1.46 bits per heavy atom. The fourth-order valence-corrected chi connectivity index (χ4v) is 3.08. The predicted octanol–water partition coefficient (Wildman–Crippen LogP) is 2.28. The summed E-state index contributed by atoms with van der Waals surface area (Å²) in [5.41, 5.74) is 9.72. The van der Waals surface area contributed by atoms with Crippen molar-refractivity contribution in [1.29, 1.82) is 0 Å². The van der Waals surface area contributed by atoms with Crippen LogP contribution < -0.4 is 5.32 Å². The third-order valence-electron chi connectivity index (χ3n) is 4.44. The van der Waals surface area contributed by atoms with Crippen LogP contribution in [0.5, 0.6) is 0 Å². The van der Waals surface area contributed by atoms with E-state index in [0.717, 1.165) is 12.0 Å². The summed E-state index contributed by atoms with van der Waals surface area (Å²) in [4.78, 5) is 29.6. The predicted molar refractivity (Wildman–Crippen MR) is 91.0 cm³/mol. The molecule has 0 saturated carbocycles. The van der Waals surface area contributed by atoms with Crippen LogP contribution in [-0.2, 0) is 16.0 Å². The Hall–Kier alpha value is -2.53. The van der Waals surface area contributed by atoms with Gasteiger partial charge in [0.1, 0.15) is 12.1 Å². The van der Waals surface area contributed by atoms with Gasteiger partial charge in [-0.2, -0.15) is 0 Å². The first-order chi connectivity index (χ1) is 11.6. The fourth-order valence-electron chi connectivity index (χ4n) is 3.08. The molecule has 1 aromatic rings. The Bertz CT molecular complexity index is 627. The van der Waals surface area contributed by atoms with Crippen LogP contribution in [0.2, 0.25) is 0 Å². The zero-order valence-corrected chi connectivity index (χ0v) is 14.1. The van der Waals surface area contributed by atoms with Crippen molar-refractivity contribution in [3.8, 4) is 0 Å². The number of benzene rings is 1. The number of carbonyl (C=O) groups is 2. The molecule has 1 aromatic carbocycles. The standard InChI is InChI=1S/C17H23N5O2/c1-12-8-9-22(17(24)14(10-12)20-21-18)15(16(23)19-2)11-13-6-4-3-5-7-13/h3-7,12,14-15H,8-11H2,1-2H3,(H,19,23)/t12-,14-,15-/m0/s1. The molecule has 1 heterocycles. The maximum Gasteiger partial charge on any atom is 0.242 e. The number of hydrogen-bond donors (Lipinski definition) is 1. The van der Waals surface area contributed by atoms with E-state index in [0.29, 0.717) is 19.4 Å². The van der Waals surface area contributed by atoms with E-state index in [4.69, 9.17) is 5.53 Å². The van der Waals surface area contributed by atoms with E-state index in [9.17, 15) is 9.59 Å². The molecule has 128 valence electrons. The quantitative estimate of drug-likeness (QED) is 0.509. The van der Waals surface area contributed by atoms with E-state index in [1.165, 1.54) is 0 Å². The number of azide groups is 1. The van der Waals surface area contributed by atoms with Crippen LogP contribution in [0.25, 0.3) is 10.4 Å². The molecule has 2 amide bonds.